The van der Waals surface area contributed by atoms with Gasteiger partial charge in [0.2, 0.25) is 0 Å². The van der Waals surface area contributed by atoms with Crippen LogP contribution in [0.3, 0.4) is 0 Å². The minimum Gasteiger partial charge on any atom is -0.392 e. The van der Waals surface area contributed by atoms with Crippen LogP contribution >= 0.6 is 0 Å². The Morgan fingerprint density at radius 3 is 2.86 bits per heavy atom. The smallest absolute Gasteiger partial charge is 0.0612 e. The molecule has 0 bridgehead atoms. The number of hydrogen-bond donors (Lipinski definition) is 1. The molecule has 1 N–H and O–H groups in total. The first-order chi connectivity index (χ1) is 6.83. The molecule has 0 aliphatic heterocycles. The van der Waals surface area contributed by atoms with Crippen LogP contribution in [0.5, 0.6) is 0 Å². The summed E-state index contributed by atoms with van der Waals surface area (Å²) in [5.74, 6) is 0. The second-order valence-electron chi connectivity index (χ2n) is 3.54. The summed E-state index contributed by atoms with van der Waals surface area (Å²) >= 11 is 0. The standard InChI is InChI=1S/C13H18O/c1-12-7-6-9-13(11-12)8-4-2-3-5-10-14/h3,5-7,9,11,14H,2,4,8,10H2,1H3/b5-3+. The predicted octanol–water partition coefficient (Wildman–Crippen LogP) is 2.87. The molecule has 1 aromatic carbocycles. The summed E-state index contributed by atoms with van der Waals surface area (Å²) in [6, 6.07) is 8.63. The predicted molar refractivity (Wildman–Crippen MR) is 60.3 cm³/mol. The largest absolute Gasteiger partial charge is 0.392 e. The molecule has 0 aliphatic carbocycles. The van der Waals surface area contributed by atoms with E-state index in [9.17, 15) is 0 Å². The highest BCUT2D eigenvalue weighted by Crippen LogP contribution is 2.07. The van der Waals surface area contributed by atoms with Crippen molar-refractivity contribution >= 4 is 0 Å². The number of unbranched alkanes of at least 4 members (excludes halogenated alkanes) is 1. The lowest BCUT2D eigenvalue weighted by Gasteiger charge is -2.00. The summed E-state index contributed by atoms with van der Waals surface area (Å²) in [7, 11) is 0. The first kappa shape index (κ1) is 11.0. The van der Waals surface area contributed by atoms with Gasteiger partial charge in [-0.1, -0.05) is 42.0 Å². The third-order valence-electron chi connectivity index (χ3n) is 2.19. The number of aliphatic hydroxyl groups excluding tert-OH is 1. The van der Waals surface area contributed by atoms with Crippen LogP contribution in [0.1, 0.15) is 24.0 Å². The number of allylic oxidation sites excluding steroid dienone is 1. The van der Waals surface area contributed by atoms with Crippen LogP contribution in [-0.2, 0) is 6.42 Å². The average Bonchev–Trinajstić information content (AvgIpc) is 2.18. The van der Waals surface area contributed by atoms with Gasteiger partial charge in [0.25, 0.3) is 0 Å². The first-order valence-electron chi connectivity index (χ1n) is 5.14. The Balaban J connectivity index is 2.28. The summed E-state index contributed by atoms with van der Waals surface area (Å²) < 4.78 is 0. The maximum absolute atomic E-state index is 8.53. The third kappa shape index (κ3) is 4.24. The number of hydrogen-bond acceptors (Lipinski definition) is 1. The summed E-state index contributed by atoms with van der Waals surface area (Å²) in [5.41, 5.74) is 2.73. The van der Waals surface area contributed by atoms with Crippen molar-refractivity contribution in [1.29, 1.82) is 0 Å². The highest BCUT2D eigenvalue weighted by molar-refractivity contribution is 5.22. The number of aryl methyl sites for hydroxylation is 2. The Morgan fingerprint density at radius 1 is 1.29 bits per heavy atom. The highest BCUT2D eigenvalue weighted by atomic mass is 16.2. The molecule has 0 spiro atoms. The van der Waals surface area contributed by atoms with E-state index in [1.54, 1.807) is 6.08 Å². The fourth-order valence-electron chi connectivity index (χ4n) is 1.48. The zero-order chi connectivity index (χ0) is 10.2. The van der Waals surface area contributed by atoms with E-state index >= 15 is 0 Å². The van der Waals surface area contributed by atoms with Crippen molar-refractivity contribution in [2.24, 2.45) is 0 Å². The Bertz CT molecular complexity index is 289. The van der Waals surface area contributed by atoms with Crippen LogP contribution in [0.2, 0.25) is 0 Å². The summed E-state index contributed by atoms with van der Waals surface area (Å²) in [5, 5.41) is 8.53. The van der Waals surface area contributed by atoms with Gasteiger partial charge < -0.3 is 5.11 Å². The Hall–Kier alpha value is -1.08. The molecule has 0 atom stereocenters. The van der Waals surface area contributed by atoms with Gasteiger partial charge in [0, 0.05) is 0 Å². The minimum atomic E-state index is 0.157. The quantitative estimate of drug-likeness (QED) is 0.559. The van der Waals surface area contributed by atoms with Gasteiger partial charge in [-0.2, -0.15) is 0 Å². The molecule has 0 fully saturated rings. The van der Waals surface area contributed by atoms with Crippen molar-refractivity contribution in [3.05, 3.63) is 47.5 Å². The van der Waals surface area contributed by atoms with Crippen molar-refractivity contribution in [2.75, 3.05) is 6.61 Å². The Labute approximate surface area is 86.1 Å². The van der Waals surface area contributed by atoms with Crippen molar-refractivity contribution in [1.82, 2.24) is 0 Å². The van der Waals surface area contributed by atoms with Crippen LogP contribution in [0.25, 0.3) is 0 Å². The van der Waals surface area contributed by atoms with E-state index in [4.69, 9.17) is 5.11 Å². The molecule has 14 heavy (non-hydrogen) atoms. The van der Waals surface area contributed by atoms with E-state index in [0.29, 0.717) is 0 Å². The fourth-order valence-corrected chi connectivity index (χ4v) is 1.48. The van der Waals surface area contributed by atoms with Gasteiger partial charge in [0.1, 0.15) is 0 Å². The molecule has 1 nitrogen and oxygen atoms in total. The van der Waals surface area contributed by atoms with Crippen molar-refractivity contribution in [3.8, 4) is 0 Å². The molecule has 0 saturated heterocycles. The topological polar surface area (TPSA) is 20.2 Å². The second kappa shape index (κ2) is 6.39. The molecule has 0 heterocycles. The highest BCUT2D eigenvalue weighted by Gasteiger charge is 1.91. The summed E-state index contributed by atoms with van der Waals surface area (Å²) in [6.07, 6.45) is 7.16. The van der Waals surface area contributed by atoms with Crippen LogP contribution in [0.15, 0.2) is 36.4 Å². The summed E-state index contributed by atoms with van der Waals surface area (Å²) in [6.45, 7) is 2.28. The molecule has 0 unspecified atom stereocenters. The molecule has 0 radical (unpaired) electrons. The van der Waals surface area contributed by atoms with Gasteiger partial charge in [-0.25, -0.2) is 0 Å². The Morgan fingerprint density at radius 2 is 2.14 bits per heavy atom. The molecule has 0 aromatic heterocycles. The lowest BCUT2D eigenvalue weighted by molar-refractivity contribution is 0.342. The zero-order valence-electron chi connectivity index (χ0n) is 8.74. The first-order valence-corrected chi connectivity index (χ1v) is 5.14. The van der Waals surface area contributed by atoms with E-state index in [0.717, 1.165) is 19.3 Å². The second-order valence-corrected chi connectivity index (χ2v) is 3.54. The van der Waals surface area contributed by atoms with Gasteiger partial charge in [-0.15, -0.1) is 0 Å². The normalized spacial score (nSPS) is 11.0. The van der Waals surface area contributed by atoms with Crippen LogP contribution in [-0.4, -0.2) is 11.7 Å². The number of rotatable bonds is 5. The van der Waals surface area contributed by atoms with Gasteiger partial charge in [-0.05, 0) is 31.7 Å². The molecule has 1 heteroatoms. The van der Waals surface area contributed by atoms with Crippen molar-refractivity contribution < 1.29 is 5.11 Å². The van der Waals surface area contributed by atoms with Crippen LogP contribution in [0.4, 0.5) is 0 Å². The molecular formula is C13H18O. The van der Waals surface area contributed by atoms with Crippen LogP contribution in [0, 0.1) is 6.92 Å². The average molecular weight is 190 g/mol. The number of aliphatic hydroxyl groups is 1. The SMILES string of the molecule is Cc1cccc(CCC/C=C/CO)c1. The van der Waals surface area contributed by atoms with E-state index in [-0.39, 0.29) is 6.61 Å². The maximum Gasteiger partial charge on any atom is 0.0612 e. The van der Waals surface area contributed by atoms with Gasteiger partial charge in [-0.3, -0.25) is 0 Å². The van der Waals surface area contributed by atoms with Gasteiger partial charge >= 0.3 is 0 Å². The molecule has 0 amide bonds. The third-order valence-corrected chi connectivity index (χ3v) is 2.19. The summed E-state index contributed by atoms with van der Waals surface area (Å²) in [4.78, 5) is 0. The lowest BCUT2D eigenvalue weighted by Crippen LogP contribution is -1.85. The monoisotopic (exact) mass is 190 g/mol. The maximum atomic E-state index is 8.53. The van der Waals surface area contributed by atoms with Crippen LogP contribution < -0.4 is 0 Å². The van der Waals surface area contributed by atoms with Gasteiger partial charge in [0.15, 0.2) is 0 Å². The van der Waals surface area contributed by atoms with E-state index < -0.39 is 0 Å². The molecule has 0 saturated carbocycles. The molecule has 1 aromatic rings. The van der Waals surface area contributed by atoms with E-state index in [1.165, 1.54) is 11.1 Å². The zero-order valence-corrected chi connectivity index (χ0v) is 8.74. The van der Waals surface area contributed by atoms with Crippen molar-refractivity contribution in [2.45, 2.75) is 26.2 Å². The molecule has 76 valence electrons. The molecule has 1 rings (SSSR count). The molecular weight excluding hydrogens is 172 g/mol. The van der Waals surface area contributed by atoms with Gasteiger partial charge in [0.05, 0.1) is 6.61 Å². The fraction of sp³-hybridized carbons (Fsp3) is 0.385. The Kier molecular flexibility index (Phi) is 5.02. The van der Waals surface area contributed by atoms with E-state index in [2.05, 4.69) is 31.2 Å². The lowest BCUT2D eigenvalue weighted by atomic mass is 10.1. The number of benzene rings is 1. The van der Waals surface area contributed by atoms with E-state index in [1.807, 2.05) is 6.08 Å². The minimum absolute atomic E-state index is 0.157. The van der Waals surface area contributed by atoms with Crippen molar-refractivity contribution in [3.63, 3.8) is 0 Å². The molecule has 0 aliphatic rings.